The SMILES string of the molecule is CC(C)C(C(=O)CCc1ncccn1)[C@@H]1CC2(CCCN2C(=O)OC(C)(C)C)C1=O. The first-order chi connectivity index (χ1) is 14.0. The monoisotopic (exact) mass is 415 g/mol. The number of ketones is 2. The minimum Gasteiger partial charge on any atom is -0.444 e. The highest BCUT2D eigenvalue weighted by atomic mass is 16.6. The largest absolute Gasteiger partial charge is 0.444 e. The summed E-state index contributed by atoms with van der Waals surface area (Å²) < 4.78 is 5.53. The van der Waals surface area contributed by atoms with Crippen molar-refractivity contribution in [3.8, 4) is 0 Å². The van der Waals surface area contributed by atoms with Gasteiger partial charge in [0.1, 0.15) is 22.7 Å². The van der Waals surface area contributed by atoms with E-state index in [-0.39, 0.29) is 29.3 Å². The van der Waals surface area contributed by atoms with Crippen molar-refractivity contribution in [2.75, 3.05) is 6.54 Å². The van der Waals surface area contributed by atoms with Crippen molar-refractivity contribution in [3.05, 3.63) is 24.3 Å². The molecule has 2 heterocycles. The Morgan fingerprint density at radius 3 is 2.50 bits per heavy atom. The fraction of sp³-hybridized carbons (Fsp3) is 0.696. The molecular weight excluding hydrogens is 382 g/mol. The first kappa shape index (κ1) is 22.4. The van der Waals surface area contributed by atoms with Crippen molar-refractivity contribution < 1.29 is 19.1 Å². The number of aryl methyl sites for hydroxylation is 1. The van der Waals surface area contributed by atoms with Gasteiger partial charge in [-0.2, -0.15) is 0 Å². The quantitative estimate of drug-likeness (QED) is 0.705. The Morgan fingerprint density at radius 1 is 1.27 bits per heavy atom. The zero-order valence-electron chi connectivity index (χ0n) is 18.7. The van der Waals surface area contributed by atoms with E-state index in [4.69, 9.17) is 4.74 Å². The lowest BCUT2D eigenvalue weighted by molar-refractivity contribution is -0.155. The van der Waals surface area contributed by atoms with Gasteiger partial charge in [0.25, 0.3) is 0 Å². The van der Waals surface area contributed by atoms with Gasteiger partial charge >= 0.3 is 6.09 Å². The lowest BCUT2D eigenvalue weighted by Crippen LogP contribution is -2.66. The summed E-state index contributed by atoms with van der Waals surface area (Å²) in [7, 11) is 0. The smallest absolute Gasteiger partial charge is 0.411 e. The van der Waals surface area contributed by atoms with Crippen molar-refractivity contribution >= 4 is 17.7 Å². The molecule has 164 valence electrons. The van der Waals surface area contributed by atoms with E-state index < -0.39 is 17.2 Å². The molecule has 2 fully saturated rings. The molecule has 30 heavy (non-hydrogen) atoms. The second-order valence-electron chi connectivity index (χ2n) is 9.84. The van der Waals surface area contributed by atoms with E-state index in [0.717, 1.165) is 6.42 Å². The third kappa shape index (κ3) is 4.40. The fourth-order valence-electron chi connectivity index (χ4n) is 4.91. The molecule has 7 heteroatoms. The Bertz CT molecular complexity index is 802. The van der Waals surface area contributed by atoms with Crippen LogP contribution in [0.2, 0.25) is 0 Å². The van der Waals surface area contributed by atoms with Gasteiger partial charge in [0, 0.05) is 43.6 Å². The van der Waals surface area contributed by atoms with Crippen molar-refractivity contribution in [3.63, 3.8) is 0 Å². The van der Waals surface area contributed by atoms with Crippen LogP contribution in [0.1, 0.15) is 66.1 Å². The van der Waals surface area contributed by atoms with E-state index in [9.17, 15) is 14.4 Å². The molecule has 0 bridgehead atoms. The van der Waals surface area contributed by atoms with Crippen molar-refractivity contribution in [1.82, 2.24) is 14.9 Å². The van der Waals surface area contributed by atoms with Gasteiger partial charge in [-0.1, -0.05) is 13.8 Å². The molecule has 3 atom stereocenters. The van der Waals surface area contributed by atoms with Crippen LogP contribution in [-0.4, -0.2) is 50.2 Å². The number of rotatable bonds is 6. The Kier molecular flexibility index (Phi) is 6.29. The molecular formula is C23H33N3O4. The molecule has 1 saturated carbocycles. The summed E-state index contributed by atoms with van der Waals surface area (Å²) in [5, 5.41) is 0. The zero-order chi connectivity index (χ0) is 22.1. The van der Waals surface area contributed by atoms with Crippen LogP contribution < -0.4 is 0 Å². The molecule has 1 aliphatic heterocycles. The van der Waals surface area contributed by atoms with E-state index in [2.05, 4.69) is 9.97 Å². The van der Waals surface area contributed by atoms with Gasteiger partial charge in [-0.15, -0.1) is 0 Å². The first-order valence-corrected chi connectivity index (χ1v) is 10.9. The summed E-state index contributed by atoms with van der Waals surface area (Å²) in [6.45, 7) is 9.97. The Hall–Kier alpha value is -2.31. The normalized spacial score (nSPS) is 24.8. The number of ether oxygens (including phenoxy) is 1. The maximum atomic E-state index is 13.4. The number of Topliss-reactive ketones (excluding diaryl/α,β-unsaturated/α-hetero) is 2. The van der Waals surface area contributed by atoms with Gasteiger partial charge in [0.15, 0.2) is 5.78 Å². The number of amides is 1. The van der Waals surface area contributed by atoms with Crippen LogP contribution in [-0.2, 0) is 20.7 Å². The lowest BCUT2D eigenvalue weighted by Gasteiger charge is -2.51. The Morgan fingerprint density at radius 2 is 1.93 bits per heavy atom. The summed E-state index contributed by atoms with van der Waals surface area (Å²) in [5.74, 6) is 0.111. The fourth-order valence-corrected chi connectivity index (χ4v) is 4.91. The number of nitrogens with zero attached hydrogens (tertiary/aromatic N) is 3. The van der Waals surface area contributed by atoms with Gasteiger partial charge in [0.05, 0.1) is 0 Å². The van der Waals surface area contributed by atoms with Gasteiger partial charge in [-0.25, -0.2) is 14.8 Å². The van der Waals surface area contributed by atoms with Crippen LogP contribution in [0.5, 0.6) is 0 Å². The summed E-state index contributed by atoms with van der Waals surface area (Å²) in [4.78, 5) is 49.0. The van der Waals surface area contributed by atoms with Crippen LogP contribution in [0.4, 0.5) is 4.79 Å². The summed E-state index contributed by atoms with van der Waals surface area (Å²) >= 11 is 0. The highest BCUT2D eigenvalue weighted by Gasteiger charge is 2.63. The molecule has 1 saturated heterocycles. The highest BCUT2D eigenvalue weighted by molar-refractivity contribution is 6.02. The average Bonchev–Trinajstić information content (AvgIpc) is 3.12. The number of aromatic nitrogens is 2. The maximum Gasteiger partial charge on any atom is 0.411 e. The van der Waals surface area contributed by atoms with Crippen molar-refractivity contribution in [2.24, 2.45) is 17.8 Å². The van der Waals surface area contributed by atoms with Crippen LogP contribution in [0.3, 0.4) is 0 Å². The summed E-state index contributed by atoms with van der Waals surface area (Å²) in [6, 6.07) is 1.74. The minimum absolute atomic E-state index is 0.0221. The molecule has 0 radical (unpaired) electrons. The summed E-state index contributed by atoms with van der Waals surface area (Å²) in [5.41, 5.74) is -1.40. The second-order valence-corrected chi connectivity index (χ2v) is 9.84. The molecule has 1 aromatic heterocycles. The molecule has 7 nitrogen and oxygen atoms in total. The van der Waals surface area contributed by atoms with Gasteiger partial charge in [-0.05, 0) is 52.0 Å². The van der Waals surface area contributed by atoms with Crippen molar-refractivity contribution in [1.29, 1.82) is 0 Å². The Labute approximate surface area is 178 Å². The third-order valence-corrected chi connectivity index (χ3v) is 6.19. The van der Waals surface area contributed by atoms with Gasteiger partial charge in [-0.3, -0.25) is 14.5 Å². The van der Waals surface area contributed by atoms with Crippen LogP contribution in [0.25, 0.3) is 0 Å². The second kappa shape index (κ2) is 8.44. The predicted molar refractivity (Wildman–Crippen MR) is 112 cm³/mol. The molecule has 1 aliphatic carbocycles. The van der Waals surface area contributed by atoms with Crippen LogP contribution in [0.15, 0.2) is 18.5 Å². The first-order valence-electron chi connectivity index (χ1n) is 10.9. The number of likely N-dealkylation sites (tertiary alicyclic amines) is 1. The predicted octanol–water partition coefficient (Wildman–Crippen LogP) is 3.61. The number of carbonyl (C=O) groups excluding carboxylic acids is 3. The molecule has 2 unspecified atom stereocenters. The maximum absolute atomic E-state index is 13.4. The average molecular weight is 416 g/mol. The van der Waals surface area contributed by atoms with Crippen LogP contribution in [0, 0.1) is 17.8 Å². The van der Waals surface area contributed by atoms with E-state index in [1.165, 1.54) is 0 Å². The van der Waals surface area contributed by atoms with E-state index in [0.29, 0.717) is 38.1 Å². The molecule has 2 aliphatic rings. The minimum atomic E-state index is -0.789. The molecule has 0 N–H and O–H groups in total. The summed E-state index contributed by atoms with van der Waals surface area (Å²) in [6.07, 6.45) is 5.66. The Balaban J connectivity index is 1.69. The van der Waals surface area contributed by atoms with Crippen molar-refractivity contribution in [2.45, 2.75) is 77.9 Å². The zero-order valence-corrected chi connectivity index (χ0v) is 18.7. The topological polar surface area (TPSA) is 89.5 Å². The third-order valence-electron chi connectivity index (χ3n) is 6.19. The highest BCUT2D eigenvalue weighted by Crippen LogP contribution is 2.50. The molecule has 3 rings (SSSR count). The van der Waals surface area contributed by atoms with E-state index in [1.54, 1.807) is 23.4 Å². The number of hydrogen-bond acceptors (Lipinski definition) is 6. The number of carbonyl (C=O) groups is 3. The molecule has 0 aromatic carbocycles. The van der Waals surface area contributed by atoms with E-state index >= 15 is 0 Å². The standard InChI is InChI=1S/C23H33N3O4/c1-15(2)19(17(27)8-9-18-24-11-7-12-25-18)16-14-23(20(16)28)10-6-13-26(23)21(29)30-22(3,4)5/h7,11-12,15-16,19H,6,8-10,13-14H2,1-5H3/t16-,19?,23?/m0/s1. The molecule has 1 spiro atoms. The van der Waals surface area contributed by atoms with Crippen LogP contribution >= 0.6 is 0 Å². The van der Waals surface area contributed by atoms with Gasteiger partial charge in [0.2, 0.25) is 0 Å². The lowest BCUT2D eigenvalue weighted by atomic mass is 9.58. The molecule has 1 amide bonds. The van der Waals surface area contributed by atoms with E-state index in [1.807, 2.05) is 34.6 Å². The van der Waals surface area contributed by atoms with Gasteiger partial charge < -0.3 is 4.74 Å². The molecule has 1 aromatic rings. The number of hydrogen-bond donors (Lipinski definition) is 0.